The minimum atomic E-state index is -0.396. The van der Waals surface area contributed by atoms with Gasteiger partial charge in [-0.05, 0) is 43.1 Å². The molecule has 0 aliphatic heterocycles. The van der Waals surface area contributed by atoms with Crippen LogP contribution in [0.5, 0.6) is 0 Å². The summed E-state index contributed by atoms with van der Waals surface area (Å²) in [4.78, 5) is 31.1. The number of aromatic nitrogens is 1. The minimum absolute atomic E-state index is 0.101. The number of ketones is 1. The lowest BCUT2D eigenvalue weighted by Gasteiger charge is -2.34. The molecule has 1 aromatic rings. The summed E-state index contributed by atoms with van der Waals surface area (Å²) in [6.45, 7) is 7.27. The van der Waals surface area contributed by atoms with Gasteiger partial charge in [-0.15, -0.1) is 0 Å². The van der Waals surface area contributed by atoms with Gasteiger partial charge in [-0.1, -0.05) is 33.1 Å². The van der Waals surface area contributed by atoms with E-state index in [9.17, 15) is 9.59 Å². The van der Waals surface area contributed by atoms with Crippen LogP contribution >= 0.6 is 0 Å². The van der Waals surface area contributed by atoms with E-state index in [2.05, 4.69) is 13.8 Å². The van der Waals surface area contributed by atoms with Gasteiger partial charge in [-0.2, -0.15) is 0 Å². The molecule has 0 aromatic carbocycles. The van der Waals surface area contributed by atoms with Crippen LogP contribution in [0.15, 0.2) is 0 Å². The number of esters is 1. The lowest BCUT2D eigenvalue weighted by Crippen LogP contribution is -2.32. The van der Waals surface area contributed by atoms with Crippen molar-refractivity contribution < 1.29 is 19.1 Å². The van der Waals surface area contributed by atoms with Crippen molar-refractivity contribution in [2.75, 3.05) is 19.8 Å². The fourth-order valence-corrected chi connectivity index (χ4v) is 4.78. The number of ether oxygens (including phenoxy) is 2. The summed E-state index contributed by atoms with van der Waals surface area (Å²) in [5, 5.41) is 0. The third kappa shape index (κ3) is 4.86. The molecule has 0 spiro atoms. The molecular weight excluding hydrogens is 368 g/mol. The van der Waals surface area contributed by atoms with Crippen LogP contribution in [-0.4, -0.2) is 36.5 Å². The number of rotatable bonds is 7. The van der Waals surface area contributed by atoms with Crippen molar-refractivity contribution in [3.8, 4) is 0 Å². The van der Waals surface area contributed by atoms with Crippen molar-refractivity contribution in [1.82, 2.24) is 4.98 Å². The number of fused-ring (bicyclic) bond motifs is 1. The summed E-state index contributed by atoms with van der Waals surface area (Å²) >= 11 is 0. The molecule has 2 aliphatic carbocycles. The first kappa shape index (κ1) is 21.9. The van der Waals surface area contributed by atoms with Crippen LogP contribution in [0, 0.1) is 5.41 Å². The zero-order valence-electron chi connectivity index (χ0n) is 18.0. The summed E-state index contributed by atoms with van der Waals surface area (Å²) in [6.07, 6.45) is 6.61. The van der Waals surface area contributed by atoms with Gasteiger partial charge in [0.1, 0.15) is 0 Å². The number of nitrogens with zero attached hydrogens (tertiary/aromatic N) is 1. The Bertz CT molecular complexity index is 767. The number of hydrogen-bond acceptors (Lipinski definition) is 6. The zero-order valence-corrected chi connectivity index (χ0v) is 18.0. The molecule has 2 aliphatic rings. The Balaban J connectivity index is 2.20. The maximum Gasteiger partial charge on any atom is 0.340 e. The summed E-state index contributed by atoms with van der Waals surface area (Å²) in [5.41, 5.74) is 8.85. The fourth-order valence-electron chi connectivity index (χ4n) is 4.78. The second-order valence-corrected chi connectivity index (χ2v) is 9.01. The van der Waals surface area contributed by atoms with Crippen molar-refractivity contribution in [2.24, 2.45) is 11.1 Å². The van der Waals surface area contributed by atoms with E-state index in [0.717, 1.165) is 43.4 Å². The molecule has 6 nitrogen and oxygen atoms in total. The molecule has 3 rings (SSSR count). The van der Waals surface area contributed by atoms with E-state index in [-0.39, 0.29) is 30.3 Å². The summed E-state index contributed by atoms with van der Waals surface area (Å²) in [6, 6.07) is 0. The average molecular weight is 403 g/mol. The largest absolute Gasteiger partial charge is 0.462 e. The Morgan fingerprint density at radius 3 is 2.59 bits per heavy atom. The molecule has 6 heteroatoms. The third-order valence-corrected chi connectivity index (χ3v) is 5.94. The fraction of sp³-hybridized carbons (Fsp3) is 0.696. The summed E-state index contributed by atoms with van der Waals surface area (Å²) in [5.74, 6) is -0.102. The normalized spacial score (nSPS) is 19.1. The van der Waals surface area contributed by atoms with Crippen molar-refractivity contribution >= 4 is 11.8 Å². The molecule has 1 heterocycles. The van der Waals surface area contributed by atoms with Gasteiger partial charge in [0, 0.05) is 18.5 Å². The Morgan fingerprint density at radius 2 is 1.93 bits per heavy atom. The topological polar surface area (TPSA) is 91.5 Å². The predicted molar refractivity (Wildman–Crippen MR) is 111 cm³/mol. The number of pyridine rings is 1. The van der Waals surface area contributed by atoms with Crippen molar-refractivity contribution in [2.45, 2.75) is 78.2 Å². The first-order valence-electron chi connectivity index (χ1n) is 10.9. The van der Waals surface area contributed by atoms with Gasteiger partial charge >= 0.3 is 5.97 Å². The first-order valence-corrected chi connectivity index (χ1v) is 10.9. The third-order valence-electron chi connectivity index (χ3n) is 5.94. The number of carbonyl (C=O) groups is 2. The van der Waals surface area contributed by atoms with Gasteiger partial charge in [0.25, 0.3) is 0 Å². The molecule has 0 atom stereocenters. The maximum absolute atomic E-state index is 13.2. The van der Waals surface area contributed by atoms with E-state index in [1.165, 1.54) is 6.42 Å². The van der Waals surface area contributed by atoms with Gasteiger partial charge in [0.05, 0.1) is 36.8 Å². The highest BCUT2D eigenvalue weighted by molar-refractivity contribution is 6.04. The van der Waals surface area contributed by atoms with Gasteiger partial charge < -0.3 is 15.2 Å². The highest BCUT2D eigenvalue weighted by atomic mass is 16.5. The molecular formula is C23H34N2O4. The quantitative estimate of drug-likeness (QED) is 0.549. The summed E-state index contributed by atoms with van der Waals surface area (Å²) in [7, 11) is 0. The van der Waals surface area contributed by atoms with E-state index in [1.54, 1.807) is 6.92 Å². The number of nitrogens with two attached hydrogens (primary N) is 1. The van der Waals surface area contributed by atoms with Crippen LogP contribution in [-0.2, 0) is 22.5 Å². The Labute approximate surface area is 173 Å². The minimum Gasteiger partial charge on any atom is -0.462 e. The zero-order chi connectivity index (χ0) is 21.0. The van der Waals surface area contributed by atoms with Crippen molar-refractivity contribution in [3.05, 3.63) is 28.1 Å². The highest BCUT2D eigenvalue weighted by Gasteiger charge is 2.39. The van der Waals surface area contributed by atoms with E-state index < -0.39 is 5.97 Å². The molecule has 0 saturated heterocycles. The number of Topliss-reactive ketones (excluding diaryl/α,β-unsaturated/α-hetero) is 1. The lowest BCUT2D eigenvalue weighted by molar-refractivity contribution is 0.0514. The van der Waals surface area contributed by atoms with E-state index in [4.69, 9.17) is 20.2 Å². The van der Waals surface area contributed by atoms with Crippen LogP contribution in [0.4, 0.5) is 0 Å². The smallest absolute Gasteiger partial charge is 0.340 e. The Kier molecular flexibility index (Phi) is 7.06. The Morgan fingerprint density at radius 1 is 1.21 bits per heavy atom. The van der Waals surface area contributed by atoms with Gasteiger partial charge in [0.15, 0.2) is 5.78 Å². The first-order chi connectivity index (χ1) is 13.9. The molecule has 0 amide bonds. The number of carbonyl (C=O) groups excluding carboxylic acids is 2. The second kappa shape index (κ2) is 9.35. The van der Waals surface area contributed by atoms with E-state index in [1.807, 2.05) is 0 Å². The van der Waals surface area contributed by atoms with E-state index >= 15 is 0 Å². The highest BCUT2D eigenvalue weighted by Crippen LogP contribution is 2.43. The Hall–Kier alpha value is -1.79. The van der Waals surface area contributed by atoms with Crippen LogP contribution < -0.4 is 5.73 Å². The molecule has 1 aromatic heterocycles. The molecule has 160 valence electrons. The molecule has 2 N–H and O–H groups in total. The van der Waals surface area contributed by atoms with Gasteiger partial charge in [0.2, 0.25) is 0 Å². The maximum atomic E-state index is 13.2. The second-order valence-electron chi connectivity index (χ2n) is 9.01. The lowest BCUT2D eigenvalue weighted by atomic mass is 9.70. The standard InChI is InChI=1S/C23H34N2O4/c1-4-29-22(27)21-17(14-28-11-10-24)25-16-12-23(2,3)13-18(26)20(16)19(21)15-8-6-5-7-9-15/h15H,4-14,24H2,1-3H3. The van der Waals surface area contributed by atoms with Gasteiger partial charge in [-0.25, -0.2) is 4.79 Å². The van der Waals surface area contributed by atoms with Gasteiger partial charge in [-0.3, -0.25) is 9.78 Å². The summed E-state index contributed by atoms with van der Waals surface area (Å²) < 4.78 is 11.1. The molecule has 1 saturated carbocycles. The molecule has 0 radical (unpaired) electrons. The monoisotopic (exact) mass is 402 g/mol. The van der Waals surface area contributed by atoms with Crippen LogP contribution in [0.1, 0.15) is 103 Å². The van der Waals surface area contributed by atoms with Crippen LogP contribution in [0.3, 0.4) is 0 Å². The van der Waals surface area contributed by atoms with Crippen molar-refractivity contribution in [1.29, 1.82) is 0 Å². The average Bonchev–Trinajstić information content (AvgIpc) is 2.67. The molecule has 0 bridgehead atoms. The SMILES string of the molecule is CCOC(=O)c1c(COCCN)nc2c(c1C1CCCCC1)C(=O)CC(C)(C)C2. The molecule has 1 fully saturated rings. The van der Waals surface area contributed by atoms with E-state index in [0.29, 0.717) is 36.4 Å². The number of hydrogen-bond donors (Lipinski definition) is 1. The van der Waals surface area contributed by atoms with Crippen molar-refractivity contribution in [3.63, 3.8) is 0 Å². The molecule has 0 unspecified atom stereocenters. The molecule has 29 heavy (non-hydrogen) atoms. The van der Waals surface area contributed by atoms with Crippen LogP contribution in [0.2, 0.25) is 0 Å². The predicted octanol–water partition coefficient (Wildman–Crippen LogP) is 3.94. The van der Waals surface area contributed by atoms with Crippen LogP contribution in [0.25, 0.3) is 0 Å².